The Labute approximate surface area is 151 Å². The molecule has 0 aromatic carbocycles. The first-order valence-corrected chi connectivity index (χ1v) is 11.9. The molecule has 3 nitrogen and oxygen atoms in total. The standard InChI is InChI=1S/C20H41NO2S/c1-4-6-8-10-13-17-20(3,16-12-9-7-5-2)24(22,23)21-18-14-11-15-19-21/h4-19H2,1-3H3. The molecule has 0 radical (unpaired) electrons. The third kappa shape index (κ3) is 6.67. The third-order valence-electron chi connectivity index (χ3n) is 5.65. The molecule has 0 saturated carbocycles. The maximum atomic E-state index is 13.3. The summed E-state index contributed by atoms with van der Waals surface area (Å²) in [5, 5.41) is 0. The fourth-order valence-electron chi connectivity index (χ4n) is 3.83. The first kappa shape index (κ1) is 22.0. The van der Waals surface area contributed by atoms with Crippen molar-refractivity contribution in [2.24, 2.45) is 0 Å². The summed E-state index contributed by atoms with van der Waals surface area (Å²) < 4.78 is 27.9. The summed E-state index contributed by atoms with van der Waals surface area (Å²) in [4.78, 5) is 0. The zero-order chi connectivity index (χ0) is 17.9. The Morgan fingerprint density at radius 3 is 1.71 bits per heavy atom. The van der Waals surface area contributed by atoms with Crippen LogP contribution in [0.3, 0.4) is 0 Å². The Bertz CT molecular complexity index is 415. The second kappa shape index (κ2) is 11.5. The molecule has 1 saturated heterocycles. The van der Waals surface area contributed by atoms with E-state index in [2.05, 4.69) is 13.8 Å². The minimum atomic E-state index is -3.17. The van der Waals surface area contributed by atoms with Crippen molar-refractivity contribution >= 4 is 10.0 Å². The van der Waals surface area contributed by atoms with Crippen LogP contribution in [0.25, 0.3) is 0 Å². The van der Waals surface area contributed by atoms with E-state index in [1.807, 2.05) is 11.2 Å². The van der Waals surface area contributed by atoms with E-state index in [1.165, 1.54) is 44.9 Å². The van der Waals surface area contributed by atoms with Gasteiger partial charge in [0.25, 0.3) is 0 Å². The second-order valence-corrected chi connectivity index (χ2v) is 10.3. The van der Waals surface area contributed by atoms with Crippen LogP contribution < -0.4 is 0 Å². The van der Waals surface area contributed by atoms with Crippen LogP contribution >= 0.6 is 0 Å². The van der Waals surface area contributed by atoms with E-state index in [-0.39, 0.29) is 0 Å². The van der Waals surface area contributed by atoms with Gasteiger partial charge in [0.2, 0.25) is 10.0 Å². The van der Waals surface area contributed by atoms with Gasteiger partial charge >= 0.3 is 0 Å². The van der Waals surface area contributed by atoms with Crippen LogP contribution in [0.15, 0.2) is 0 Å². The number of sulfonamides is 1. The molecule has 1 aliphatic rings. The van der Waals surface area contributed by atoms with Gasteiger partial charge in [-0.2, -0.15) is 0 Å². The molecule has 1 heterocycles. The Balaban J connectivity index is 2.69. The molecule has 0 aromatic heterocycles. The normalized spacial score (nSPS) is 19.3. The Hall–Kier alpha value is -0.0900. The number of hydrogen-bond acceptors (Lipinski definition) is 2. The molecular formula is C20H41NO2S. The molecule has 0 aromatic rings. The zero-order valence-electron chi connectivity index (χ0n) is 16.5. The highest BCUT2D eigenvalue weighted by atomic mass is 32.2. The quantitative estimate of drug-likeness (QED) is 0.384. The number of nitrogens with zero attached hydrogens (tertiary/aromatic N) is 1. The smallest absolute Gasteiger partial charge is 0.212 e. The molecule has 1 unspecified atom stereocenters. The SMILES string of the molecule is CCCCCCCC(C)(CCCCCC)S(=O)(=O)N1CCCCC1. The lowest BCUT2D eigenvalue weighted by atomic mass is 9.95. The van der Waals surface area contributed by atoms with Crippen molar-refractivity contribution in [1.29, 1.82) is 0 Å². The molecule has 1 rings (SSSR count). The van der Waals surface area contributed by atoms with Gasteiger partial charge in [-0.1, -0.05) is 78.1 Å². The maximum Gasteiger partial charge on any atom is 0.219 e. The van der Waals surface area contributed by atoms with Crippen LogP contribution in [0.4, 0.5) is 0 Å². The van der Waals surface area contributed by atoms with E-state index < -0.39 is 14.8 Å². The topological polar surface area (TPSA) is 37.4 Å². The molecule has 1 aliphatic heterocycles. The lowest BCUT2D eigenvalue weighted by Gasteiger charge is -2.37. The van der Waals surface area contributed by atoms with Crippen molar-refractivity contribution < 1.29 is 8.42 Å². The summed E-state index contributed by atoms with van der Waals surface area (Å²) in [7, 11) is -3.17. The van der Waals surface area contributed by atoms with E-state index in [1.54, 1.807) is 0 Å². The van der Waals surface area contributed by atoms with Gasteiger partial charge in [-0.15, -0.1) is 0 Å². The molecule has 0 spiro atoms. The van der Waals surface area contributed by atoms with Gasteiger partial charge in [0.1, 0.15) is 0 Å². The van der Waals surface area contributed by atoms with E-state index in [0.717, 1.165) is 58.0 Å². The average molecular weight is 360 g/mol. The highest BCUT2D eigenvalue weighted by Gasteiger charge is 2.42. The summed E-state index contributed by atoms with van der Waals surface area (Å²) in [5.74, 6) is 0. The minimum Gasteiger partial charge on any atom is -0.212 e. The monoisotopic (exact) mass is 359 g/mol. The van der Waals surface area contributed by atoms with Gasteiger partial charge in [0.15, 0.2) is 0 Å². The van der Waals surface area contributed by atoms with Gasteiger partial charge in [-0.25, -0.2) is 12.7 Å². The van der Waals surface area contributed by atoms with Crippen LogP contribution in [0.1, 0.15) is 111 Å². The molecule has 0 aliphatic carbocycles. The molecule has 0 bridgehead atoms. The molecule has 144 valence electrons. The van der Waals surface area contributed by atoms with Crippen molar-refractivity contribution in [2.45, 2.75) is 115 Å². The maximum absolute atomic E-state index is 13.3. The third-order valence-corrected chi connectivity index (χ3v) is 8.34. The number of rotatable bonds is 13. The van der Waals surface area contributed by atoms with Crippen LogP contribution in [-0.2, 0) is 10.0 Å². The number of unbranched alkanes of at least 4 members (excludes halogenated alkanes) is 7. The van der Waals surface area contributed by atoms with Crippen LogP contribution in [-0.4, -0.2) is 30.6 Å². The van der Waals surface area contributed by atoms with Crippen LogP contribution in [0.2, 0.25) is 0 Å². The highest BCUT2D eigenvalue weighted by molar-refractivity contribution is 7.90. The molecule has 1 fully saturated rings. The Morgan fingerprint density at radius 1 is 0.750 bits per heavy atom. The van der Waals surface area contributed by atoms with Crippen LogP contribution in [0.5, 0.6) is 0 Å². The number of hydrogen-bond donors (Lipinski definition) is 0. The van der Waals surface area contributed by atoms with Gasteiger partial charge < -0.3 is 0 Å². The van der Waals surface area contributed by atoms with Gasteiger partial charge in [0.05, 0.1) is 4.75 Å². The summed E-state index contributed by atoms with van der Waals surface area (Å²) in [6, 6.07) is 0. The van der Waals surface area contributed by atoms with E-state index in [0.29, 0.717) is 0 Å². The summed E-state index contributed by atoms with van der Waals surface area (Å²) in [6.07, 6.45) is 15.5. The summed E-state index contributed by atoms with van der Waals surface area (Å²) in [6.45, 7) is 7.93. The summed E-state index contributed by atoms with van der Waals surface area (Å²) in [5.41, 5.74) is 0. The minimum absolute atomic E-state index is 0.551. The van der Waals surface area contributed by atoms with Crippen molar-refractivity contribution in [3.8, 4) is 0 Å². The van der Waals surface area contributed by atoms with Crippen molar-refractivity contribution in [2.75, 3.05) is 13.1 Å². The average Bonchev–Trinajstić information content (AvgIpc) is 2.59. The van der Waals surface area contributed by atoms with Gasteiger partial charge in [-0.3, -0.25) is 0 Å². The predicted octanol–water partition coefficient (Wildman–Crippen LogP) is 5.89. The second-order valence-electron chi connectivity index (χ2n) is 7.89. The molecular weight excluding hydrogens is 318 g/mol. The van der Waals surface area contributed by atoms with Crippen molar-refractivity contribution in [1.82, 2.24) is 4.31 Å². The van der Waals surface area contributed by atoms with E-state index >= 15 is 0 Å². The first-order chi connectivity index (χ1) is 11.5. The van der Waals surface area contributed by atoms with E-state index in [9.17, 15) is 8.42 Å². The Morgan fingerprint density at radius 2 is 1.21 bits per heavy atom. The highest BCUT2D eigenvalue weighted by Crippen LogP contribution is 2.34. The van der Waals surface area contributed by atoms with Gasteiger partial charge in [0, 0.05) is 13.1 Å². The van der Waals surface area contributed by atoms with Crippen LogP contribution in [0, 0.1) is 0 Å². The van der Waals surface area contributed by atoms with Gasteiger partial charge in [-0.05, 0) is 32.6 Å². The lowest BCUT2D eigenvalue weighted by molar-refractivity contribution is 0.321. The fraction of sp³-hybridized carbons (Fsp3) is 1.00. The molecule has 24 heavy (non-hydrogen) atoms. The van der Waals surface area contributed by atoms with Crippen molar-refractivity contribution in [3.05, 3.63) is 0 Å². The fourth-order valence-corrected chi connectivity index (χ4v) is 5.99. The predicted molar refractivity (Wildman–Crippen MR) is 105 cm³/mol. The molecule has 4 heteroatoms. The number of piperidine rings is 1. The van der Waals surface area contributed by atoms with E-state index in [4.69, 9.17) is 0 Å². The summed E-state index contributed by atoms with van der Waals surface area (Å²) >= 11 is 0. The lowest BCUT2D eigenvalue weighted by Crippen LogP contribution is -2.48. The largest absolute Gasteiger partial charge is 0.219 e. The molecule has 0 N–H and O–H groups in total. The first-order valence-electron chi connectivity index (χ1n) is 10.5. The molecule has 1 atom stereocenters. The van der Waals surface area contributed by atoms with Crippen molar-refractivity contribution in [3.63, 3.8) is 0 Å². The Kier molecular flexibility index (Phi) is 10.5. The molecule has 0 amide bonds. The zero-order valence-corrected chi connectivity index (χ0v) is 17.3.